The highest BCUT2D eigenvalue weighted by atomic mass is 31.1. The van der Waals surface area contributed by atoms with Gasteiger partial charge >= 0.3 is 8.25 Å². The van der Waals surface area contributed by atoms with Gasteiger partial charge in [-0.05, 0) is 0 Å². The summed E-state index contributed by atoms with van der Waals surface area (Å²) >= 11 is 0. The van der Waals surface area contributed by atoms with Crippen LogP contribution in [0, 0.1) is 0 Å². The smallest absolute Gasteiger partial charge is 0.300 e. The fraction of sp³-hybridized carbons (Fsp3) is 0.750. The van der Waals surface area contributed by atoms with Crippen molar-refractivity contribution in [3.05, 3.63) is 0 Å². The van der Waals surface area contributed by atoms with E-state index in [0.717, 1.165) is 10.1 Å². The predicted molar refractivity (Wildman–Crippen MR) is 60.5 cm³/mol. The van der Waals surface area contributed by atoms with E-state index in [0.29, 0.717) is 0 Å². The predicted octanol–water partition coefficient (Wildman–Crippen LogP) is -0.551. The average molecular weight is 284 g/mol. The van der Waals surface area contributed by atoms with E-state index >= 15 is 0 Å². The Morgan fingerprint density at radius 1 is 0.944 bits per heavy atom. The molecule has 0 saturated heterocycles. The molecule has 18 heavy (non-hydrogen) atoms. The van der Waals surface area contributed by atoms with Crippen LogP contribution in [0.4, 0.5) is 0 Å². The van der Waals surface area contributed by atoms with Gasteiger partial charge in [0.1, 0.15) is 13.2 Å². The Hall–Kier alpha value is -0.990. The Morgan fingerprint density at radius 3 is 1.56 bits per heavy atom. The molecule has 0 radical (unpaired) electrons. The Morgan fingerprint density at radius 2 is 1.28 bits per heavy atom. The molecule has 0 saturated carbocycles. The molecule has 0 bridgehead atoms. The summed E-state index contributed by atoms with van der Waals surface area (Å²) in [6, 6.07) is 0. The molecule has 0 aromatic heterocycles. The molecule has 10 heteroatoms. The van der Waals surface area contributed by atoms with Crippen molar-refractivity contribution in [2.75, 3.05) is 41.5 Å². The molecule has 0 aromatic rings. The standard InChI is InChI=1S/C8H17N2O7P/c1-9(14-3)7(11)5-16-18(13)17-6-8(12)10(2)15-4/h18H,5-6H2,1-4H3. The first-order chi connectivity index (χ1) is 8.42. The number of nitrogens with zero attached hydrogens (tertiary/aromatic N) is 2. The lowest BCUT2D eigenvalue weighted by atomic mass is 10.6. The fourth-order valence-corrected chi connectivity index (χ4v) is 1.23. The van der Waals surface area contributed by atoms with Crippen LogP contribution in [-0.4, -0.2) is 63.5 Å². The summed E-state index contributed by atoms with van der Waals surface area (Å²) < 4.78 is 20.5. The number of hydrogen-bond donors (Lipinski definition) is 0. The molecular formula is C8H17N2O7P. The number of hydrogen-bond acceptors (Lipinski definition) is 7. The van der Waals surface area contributed by atoms with Gasteiger partial charge in [-0.1, -0.05) is 0 Å². The number of rotatable bonds is 8. The van der Waals surface area contributed by atoms with E-state index < -0.39 is 33.3 Å². The Labute approximate surface area is 105 Å². The van der Waals surface area contributed by atoms with Crippen LogP contribution in [0.3, 0.4) is 0 Å². The van der Waals surface area contributed by atoms with Crippen LogP contribution < -0.4 is 0 Å². The molecule has 0 rings (SSSR count). The Bertz CT molecular complexity index is 284. The SMILES string of the molecule is CON(C)C(=O)CO[PH](=O)OCC(=O)N(C)OC. The van der Waals surface area contributed by atoms with E-state index in [1.807, 2.05) is 0 Å². The number of hydroxylamine groups is 4. The summed E-state index contributed by atoms with van der Waals surface area (Å²) in [5.41, 5.74) is 0. The van der Waals surface area contributed by atoms with E-state index in [1.165, 1.54) is 28.3 Å². The van der Waals surface area contributed by atoms with E-state index in [1.54, 1.807) is 0 Å². The van der Waals surface area contributed by atoms with Gasteiger partial charge < -0.3 is 9.05 Å². The van der Waals surface area contributed by atoms with Crippen molar-refractivity contribution in [3.8, 4) is 0 Å². The van der Waals surface area contributed by atoms with E-state index in [-0.39, 0.29) is 0 Å². The quantitative estimate of drug-likeness (QED) is 0.436. The molecule has 0 spiro atoms. The fourth-order valence-electron chi connectivity index (χ4n) is 0.668. The van der Waals surface area contributed by atoms with Gasteiger partial charge in [0.15, 0.2) is 0 Å². The Balaban J connectivity index is 3.86. The third-order valence-electron chi connectivity index (χ3n) is 1.88. The minimum atomic E-state index is -2.92. The van der Waals surface area contributed by atoms with Crippen LogP contribution in [0.5, 0.6) is 0 Å². The molecule has 106 valence electrons. The summed E-state index contributed by atoms with van der Waals surface area (Å²) in [5.74, 6) is -1.06. The maximum atomic E-state index is 11.2. The number of carbonyl (C=O) groups excluding carboxylic acids is 2. The number of carbonyl (C=O) groups is 2. The van der Waals surface area contributed by atoms with Gasteiger partial charge in [-0.15, -0.1) is 0 Å². The lowest BCUT2D eigenvalue weighted by Crippen LogP contribution is -2.29. The minimum absolute atomic E-state index is 0.462. The molecule has 0 aromatic carbocycles. The minimum Gasteiger partial charge on any atom is -0.300 e. The van der Waals surface area contributed by atoms with E-state index in [2.05, 4.69) is 18.7 Å². The average Bonchev–Trinajstić information content (AvgIpc) is 2.39. The molecule has 0 heterocycles. The summed E-state index contributed by atoms with van der Waals surface area (Å²) in [7, 11) is 2.44. The summed E-state index contributed by atoms with van der Waals surface area (Å²) in [6.07, 6.45) is 0. The summed E-state index contributed by atoms with van der Waals surface area (Å²) in [6.45, 7) is -0.924. The van der Waals surface area contributed by atoms with Gasteiger partial charge in [-0.2, -0.15) is 0 Å². The summed E-state index contributed by atoms with van der Waals surface area (Å²) in [4.78, 5) is 31.5. The molecule has 9 nitrogen and oxygen atoms in total. The first kappa shape index (κ1) is 17.0. The first-order valence-electron chi connectivity index (χ1n) is 4.83. The molecule has 2 amide bonds. The van der Waals surface area contributed by atoms with Crippen LogP contribution in [0.1, 0.15) is 0 Å². The molecular weight excluding hydrogens is 267 g/mol. The van der Waals surface area contributed by atoms with Gasteiger partial charge in [0, 0.05) is 14.1 Å². The third kappa shape index (κ3) is 6.67. The molecule has 0 fully saturated rings. The van der Waals surface area contributed by atoms with Crippen LogP contribution in [0.15, 0.2) is 0 Å². The first-order valence-corrected chi connectivity index (χ1v) is 6.05. The van der Waals surface area contributed by atoms with Gasteiger partial charge in [0.25, 0.3) is 11.8 Å². The molecule has 0 unspecified atom stereocenters. The van der Waals surface area contributed by atoms with E-state index in [4.69, 9.17) is 0 Å². The van der Waals surface area contributed by atoms with Crippen molar-refractivity contribution in [3.63, 3.8) is 0 Å². The second-order valence-corrected chi connectivity index (χ2v) is 4.05. The van der Waals surface area contributed by atoms with Crippen LogP contribution in [-0.2, 0) is 32.9 Å². The highest BCUT2D eigenvalue weighted by Gasteiger charge is 2.13. The number of amides is 2. The third-order valence-corrected chi connectivity index (χ3v) is 2.64. The van der Waals surface area contributed by atoms with Crippen molar-refractivity contribution in [1.82, 2.24) is 10.1 Å². The van der Waals surface area contributed by atoms with Gasteiger partial charge in [0.05, 0.1) is 14.2 Å². The van der Waals surface area contributed by atoms with Gasteiger partial charge in [-0.25, -0.2) is 10.1 Å². The molecule has 0 N–H and O–H groups in total. The van der Waals surface area contributed by atoms with Crippen molar-refractivity contribution in [1.29, 1.82) is 0 Å². The zero-order valence-corrected chi connectivity index (χ0v) is 11.7. The van der Waals surface area contributed by atoms with Crippen molar-refractivity contribution < 1.29 is 32.9 Å². The second-order valence-electron chi connectivity index (χ2n) is 2.97. The van der Waals surface area contributed by atoms with Crippen LogP contribution in [0.2, 0.25) is 0 Å². The monoisotopic (exact) mass is 284 g/mol. The van der Waals surface area contributed by atoms with Gasteiger partial charge in [0.2, 0.25) is 0 Å². The topological polar surface area (TPSA) is 94.6 Å². The van der Waals surface area contributed by atoms with E-state index in [9.17, 15) is 14.2 Å². The molecule has 0 aliphatic carbocycles. The normalized spacial score (nSPS) is 10.5. The zero-order valence-electron chi connectivity index (χ0n) is 10.7. The van der Waals surface area contributed by atoms with Crippen molar-refractivity contribution >= 4 is 20.1 Å². The lowest BCUT2D eigenvalue weighted by molar-refractivity contribution is -0.171. The molecule has 0 aliphatic rings. The second kappa shape index (κ2) is 9.01. The number of likely N-dealkylation sites (N-methyl/N-ethyl adjacent to an activating group) is 2. The molecule has 0 atom stereocenters. The lowest BCUT2D eigenvalue weighted by Gasteiger charge is -2.14. The highest BCUT2D eigenvalue weighted by Crippen LogP contribution is 2.23. The zero-order chi connectivity index (χ0) is 14.1. The molecule has 0 aliphatic heterocycles. The van der Waals surface area contributed by atoms with Crippen LogP contribution >= 0.6 is 8.25 Å². The highest BCUT2D eigenvalue weighted by molar-refractivity contribution is 7.33. The summed E-state index contributed by atoms with van der Waals surface area (Å²) in [5, 5.41) is 1.83. The van der Waals surface area contributed by atoms with Crippen molar-refractivity contribution in [2.24, 2.45) is 0 Å². The maximum Gasteiger partial charge on any atom is 0.320 e. The maximum absolute atomic E-state index is 11.2. The van der Waals surface area contributed by atoms with Crippen LogP contribution in [0.25, 0.3) is 0 Å². The van der Waals surface area contributed by atoms with Gasteiger partial charge in [-0.3, -0.25) is 23.8 Å². The largest absolute Gasteiger partial charge is 0.320 e. The van der Waals surface area contributed by atoms with Crippen molar-refractivity contribution in [2.45, 2.75) is 0 Å². The Kier molecular flexibility index (Phi) is 8.51.